The normalized spacial score (nSPS) is 20.3. The average Bonchev–Trinajstić information content (AvgIpc) is 2.60. The van der Waals surface area contributed by atoms with Gasteiger partial charge >= 0.3 is 6.09 Å². The number of rotatable bonds is 2. The van der Waals surface area contributed by atoms with E-state index in [-0.39, 0.29) is 12.1 Å². The number of methoxy groups -OCH3 is 1. The van der Waals surface area contributed by atoms with Crippen molar-refractivity contribution in [3.8, 4) is 5.88 Å². The minimum Gasteiger partial charge on any atom is -0.481 e. The quantitative estimate of drug-likeness (QED) is 0.733. The Morgan fingerprint density at radius 1 is 1.60 bits per heavy atom. The first kappa shape index (κ1) is 9.76. The first-order valence-electron chi connectivity index (χ1n) is 4.63. The number of nitrogens with zero attached hydrogens (tertiary/aromatic N) is 2. The number of hydrogen-bond acceptors (Lipinski definition) is 4. The Bertz CT molecular complexity index is 381. The highest BCUT2D eigenvalue weighted by Crippen LogP contribution is 2.25. The predicted molar refractivity (Wildman–Crippen MR) is 52.6 cm³/mol. The lowest BCUT2D eigenvalue weighted by atomic mass is 10.2. The molecule has 1 unspecified atom stereocenters. The molecule has 1 saturated heterocycles. The summed E-state index contributed by atoms with van der Waals surface area (Å²) in [6, 6.07) is 5.34. The maximum Gasteiger partial charge on any atom is 0.410 e. The molecule has 1 aliphatic heterocycles. The topological polar surface area (TPSA) is 51.7 Å². The largest absolute Gasteiger partial charge is 0.481 e. The minimum absolute atomic E-state index is 0.118. The van der Waals surface area contributed by atoms with Crippen LogP contribution in [0.3, 0.4) is 0 Å². The highest BCUT2D eigenvalue weighted by molar-refractivity contribution is 5.69. The summed E-state index contributed by atoms with van der Waals surface area (Å²) in [5.74, 6) is 0.542. The van der Waals surface area contributed by atoms with Crippen molar-refractivity contribution in [1.82, 2.24) is 9.88 Å². The molecule has 1 aromatic rings. The van der Waals surface area contributed by atoms with Gasteiger partial charge in [0, 0.05) is 13.1 Å². The summed E-state index contributed by atoms with van der Waals surface area (Å²) in [5.41, 5.74) is 0.780. The third-order valence-electron chi connectivity index (χ3n) is 2.42. The van der Waals surface area contributed by atoms with Gasteiger partial charge in [-0.25, -0.2) is 9.78 Å². The molecule has 0 aliphatic carbocycles. The maximum absolute atomic E-state index is 11.2. The Morgan fingerprint density at radius 3 is 3.00 bits per heavy atom. The lowest BCUT2D eigenvalue weighted by molar-refractivity contribution is 0.163. The van der Waals surface area contributed by atoms with E-state index in [2.05, 4.69) is 4.98 Å². The van der Waals surface area contributed by atoms with Crippen LogP contribution >= 0.6 is 0 Å². The summed E-state index contributed by atoms with van der Waals surface area (Å²) < 4.78 is 9.93. The van der Waals surface area contributed by atoms with Crippen molar-refractivity contribution in [2.75, 3.05) is 20.8 Å². The monoisotopic (exact) mass is 208 g/mol. The van der Waals surface area contributed by atoms with Gasteiger partial charge in [-0.2, -0.15) is 0 Å². The van der Waals surface area contributed by atoms with Crippen LogP contribution in [0.1, 0.15) is 11.7 Å². The van der Waals surface area contributed by atoms with Crippen molar-refractivity contribution < 1.29 is 14.3 Å². The summed E-state index contributed by atoms with van der Waals surface area (Å²) in [6.45, 7) is 0.343. The van der Waals surface area contributed by atoms with E-state index in [1.807, 2.05) is 12.1 Å². The third-order valence-corrected chi connectivity index (χ3v) is 2.42. The van der Waals surface area contributed by atoms with Gasteiger partial charge in [0.2, 0.25) is 5.88 Å². The van der Waals surface area contributed by atoms with E-state index < -0.39 is 0 Å². The number of carbonyl (C=O) groups is 1. The Morgan fingerprint density at radius 2 is 2.40 bits per heavy atom. The van der Waals surface area contributed by atoms with Crippen molar-refractivity contribution in [2.24, 2.45) is 0 Å². The van der Waals surface area contributed by atoms with Gasteiger partial charge in [-0.05, 0) is 6.07 Å². The zero-order valence-electron chi connectivity index (χ0n) is 8.64. The van der Waals surface area contributed by atoms with Crippen molar-refractivity contribution in [2.45, 2.75) is 6.04 Å². The molecule has 1 aromatic heterocycles. The Kier molecular flexibility index (Phi) is 2.45. The van der Waals surface area contributed by atoms with Gasteiger partial charge in [0.1, 0.15) is 12.6 Å². The van der Waals surface area contributed by atoms with Crippen molar-refractivity contribution in [3.05, 3.63) is 23.9 Å². The summed E-state index contributed by atoms with van der Waals surface area (Å²) in [6.07, 6.45) is -0.315. The molecule has 15 heavy (non-hydrogen) atoms. The molecule has 1 aliphatic rings. The SMILES string of the molecule is COc1cccc(C2COC(=O)N2C)n1. The van der Waals surface area contributed by atoms with Gasteiger partial charge in [0.05, 0.1) is 12.8 Å². The van der Waals surface area contributed by atoms with Gasteiger partial charge in [-0.15, -0.1) is 0 Å². The molecule has 0 N–H and O–H groups in total. The van der Waals surface area contributed by atoms with E-state index in [1.165, 1.54) is 4.90 Å². The number of carbonyl (C=O) groups excluding carboxylic acids is 1. The fraction of sp³-hybridized carbons (Fsp3) is 0.400. The molecular formula is C10H12N2O3. The van der Waals surface area contributed by atoms with Crippen molar-refractivity contribution in [1.29, 1.82) is 0 Å². The molecule has 80 valence electrons. The first-order chi connectivity index (χ1) is 7.22. The molecule has 0 spiro atoms. The predicted octanol–water partition coefficient (Wildman–Crippen LogP) is 1.21. The molecule has 5 heteroatoms. The van der Waals surface area contributed by atoms with E-state index in [1.54, 1.807) is 20.2 Å². The Hall–Kier alpha value is -1.78. The number of aromatic nitrogens is 1. The van der Waals surface area contributed by atoms with Gasteiger partial charge in [0.25, 0.3) is 0 Å². The molecular weight excluding hydrogens is 196 g/mol. The number of amides is 1. The first-order valence-corrected chi connectivity index (χ1v) is 4.63. The van der Waals surface area contributed by atoms with Crippen LogP contribution in [0, 0.1) is 0 Å². The highest BCUT2D eigenvalue weighted by atomic mass is 16.6. The molecule has 0 saturated carbocycles. The molecule has 2 heterocycles. The van der Waals surface area contributed by atoms with Gasteiger partial charge in [0.15, 0.2) is 0 Å². The lowest BCUT2D eigenvalue weighted by Crippen LogP contribution is -2.23. The molecule has 1 atom stereocenters. The fourth-order valence-corrected chi connectivity index (χ4v) is 1.50. The van der Waals surface area contributed by atoms with Crippen LogP contribution in [0.2, 0.25) is 0 Å². The average molecular weight is 208 g/mol. The van der Waals surface area contributed by atoms with E-state index in [0.29, 0.717) is 12.5 Å². The summed E-state index contributed by atoms with van der Waals surface area (Å²) in [7, 11) is 3.26. The molecule has 0 aromatic carbocycles. The summed E-state index contributed by atoms with van der Waals surface area (Å²) in [5, 5.41) is 0. The lowest BCUT2D eigenvalue weighted by Gasteiger charge is -2.15. The third kappa shape index (κ3) is 1.72. The Labute approximate surface area is 87.6 Å². The minimum atomic E-state index is -0.315. The molecule has 1 fully saturated rings. The van der Waals surface area contributed by atoms with Crippen molar-refractivity contribution in [3.63, 3.8) is 0 Å². The zero-order valence-corrected chi connectivity index (χ0v) is 8.64. The fourth-order valence-electron chi connectivity index (χ4n) is 1.50. The standard InChI is InChI=1S/C10H12N2O3/c1-12-8(6-15-10(12)13)7-4-3-5-9(11-7)14-2/h3-5,8H,6H2,1-2H3. The number of pyridine rings is 1. The Balaban J connectivity index is 2.26. The maximum atomic E-state index is 11.2. The van der Waals surface area contributed by atoms with Crippen LogP contribution in [0.15, 0.2) is 18.2 Å². The van der Waals surface area contributed by atoms with E-state index in [4.69, 9.17) is 9.47 Å². The number of likely N-dealkylation sites (N-methyl/N-ethyl adjacent to an activating group) is 1. The molecule has 2 rings (SSSR count). The van der Waals surface area contributed by atoms with E-state index >= 15 is 0 Å². The van der Waals surface area contributed by atoms with E-state index in [9.17, 15) is 4.79 Å². The van der Waals surface area contributed by atoms with Crippen molar-refractivity contribution >= 4 is 6.09 Å². The molecule has 0 radical (unpaired) electrons. The zero-order chi connectivity index (χ0) is 10.8. The van der Waals surface area contributed by atoms with Crippen LogP contribution in [-0.2, 0) is 4.74 Å². The second kappa shape index (κ2) is 3.76. The number of hydrogen-bond donors (Lipinski definition) is 0. The number of ether oxygens (including phenoxy) is 2. The van der Waals surface area contributed by atoms with Crippen LogP contribution in [0.4, 0.5) is 4.79 Å². The second-order valence-electron chi connectivity index (χ2n) is 3.31. The molecule has 0 bridgehead atoms. The van der Waals surface area contributed by atoms with Crippen LogP contribution < -0.4 is 4.74 Å². The van der Waals surface area contributed by atoms with Crippen LogP contribution in [0.25, 0.3) is 0 Å². The smallest absolute Gasteiger partial charge is 0.410 e. The number of cyclic esters (lactones) is 1. The van der Waals surface area contributed by atoms with E-state index in [0.717, 1.165) is 5.69 Å². The summed E-state index contributed by atoms with van der Waals surface area (Å²) >= 11 is 0. The van der Waals surface area contributed by atoms with Crippen LogP contribution in [0.5, 0.6) is 5.88 Å². The molecule has 5 nitrogen and oxygen atoms in total. The summed E-state index contributed by atoms with van der Waals surface area (Å²) in [4.78, 5) is 16.9. The van der Waals surface area contributed by atoms with Gasteiger partial charge in [-0.3, -0.25) is 4.90 Å². The van der Waals surface area contributed by atoms with Gasteiger partial charge < -0.3 is 9.47 Å². The second-order valence-corrected chi connectivity index (χ2v) is 3.31. The molecule has 1 amide bonds. The van der Waals surface area contributed by atoms with Gasteiger partial charge in [-0.1, -0.05) is 6.07 Å². The van der Waals surface area contributed by atoms with Crippen LogP contribution in [-0.4, -0.2) is 36.7 Å². The highest BCUT2D eigenvalue weighted by Gasteiger charge is 2.31.